The molecule has 4 amide bonds. The van der Waals surface area contributed by atoms with Gasteiger partial charge in [0, 0.05) is 31.3 Å². The largest absolute Gasteiger partial charge is 0.337 e. The first-order chi connectivity index (χ1) is 12.9. The number of carbonyl (C=O) groups excluding carboxylic acids is 3. The molecular formula is C20H24N4O3. The van der Waals surface area contributed by atoms with Crippen molar-refractivity contribution in [2.45, 2.75) is 32.2 Å². The highest BCUT2D eigenvalue weighted by Crippen LogP contribution is 2.34. The first kappa shape index (κ1) is 17.6. The van der Waals surface area contributed by atoms with E-state index in [-0.39, 0.29) is 23.8 Å². The Bertz CT molecular complexity index is 909. The van der Waals surface area contributed by atoms with Gasteiger partial charge in [-0.3, -0.25) is 14.9 Å². The van der Waals surface area contributed by atoms with Gasteiger partial charge in [-0.25, -0.2) is 4.79 Å². The molecule has 7 heteroatoms. The Morgan fingerprint density at radius 1 is 1.15 bits per heavy atom. The minimum atomic E-state index is -0.820. The molecule has 2 saturated heterocycles. The van der Waals surface area contributed by atoms with Gasteiger partial charge < -0.3 is 14.2 Å². The molecule has 4 heterocycles. The standard InChI is InChI=1S/C20H24N4O3/c1-14(2)13-24-19(27)21-18(26)20(24)8-11-22(12-9-20)17(25)16-7-6-15-5-3-4-10-23(15)16/h3-7,10,14H,8-9,11-13H2,1-2H3,(H,21,26,27). The zero-order valence-corrected chi connectivity index (χ0v) is 15.6. The fourth-order valence-corrected chi connectivity index (χ4v) is 4.19. The molecule has 7 nitrogen and oxygen atoms in total. The second-order valence-electron chi connectivity index (χ2n) is 7.80. The third-order valence-electron chi connectivity index (χ3n) is 5.61. The van der Waals surface area contributed by atoms with Gasteiger partial charge in [-0.2, -0.15) is 0 Å². The van der Waals surface area contributed by atoms with Crippen molar-refractivity contribution in [2.24, 2.45) is 5.92 Å². The molecule has 4 rings (SSSR count). The van der Waals surface area contributed by atoms with Crippen LogP contribution in [0.3, 0.4) is 0 Å². The zero-order valence-electron chi connectivity index (χ0n) is 15.6. The SMILES string of the molecule is CC(C)CN1C(=O)NC(=O)C12CCN(C(=O)c1ccc3ccccn13)CC2. The monoisotopic (exact) mass is 368 g/mol. The smallest absolute Gasteiger partial charge is 0.325 e. The Morgan fingerprint density at radius 2 is 1.89 bits per heavy atom. The summed E-state index contributed by atoms with van der Waals surface area (Å²) in [7, 11) is 0. The predicted octanol–water partition coefficient (Wildman–Crippen LogP) is 2.12. The summed E-state index contributed by atoms with van der Waals surface area (Å²) in [6, 6.07) is 9.23. The molecule has 2 fully saturated rings. The van der Waals surface area contributed by atoms with Gasteiger partial charge in [-0.1, -0.05) is 19.9 Å². The molecule has 2 aliphatic rings. The molecule has 27 heavy (non-hydrogen) atoms. The lowest BCUT2D eigenvalue weighted by Gasteiger charge is -2.42. The van der Waals surface area contributed by atoms with Gasteiger partial charge in [0.25, 0.3) is 11.8 Å². The van der Waals surface area contributed by atoms with Crippen LogP contribution in [0.5, 0.6) is 0 Å². The van der Waals surface area contributed by atoms with E-state index in [9.17, 15) is 14.4 Å². The molecule has 0 saturated carbocycles. The number of aromatic nitrogens is 1. The molecule has 0 atom stereocenters. The maximum absolute atomic E-state index is 13.0. The molecular weight excluding hydrogens is 344 g/mol. The lowest BCUT2D eigenvalue weighted by molar-refractivity contribution is -0.129. The third-order valence-corrected chi connectivity index (χ3v) is 5.61. The quantitative estimate of drug-likeness (QED) is 0.844. The van der Waals surface area contributed by atoms with Gasteiger partial charge in [0.05, 0.1) is 0 Å². The van der Waals surface area contributed by atoms with Crippen molar-refractivity contribution >= 4 is 23.4 Å². The number of nitrogens with one attached hydrogen (secondary N) is 1. The van der Waals surface area contributed by atoms with Crippen LogP contribution in [0.1, 0.15) is 37.2 Å². The summed E-state index contributed by atoms with van der Waals surface area (Å²) in [4.78, 5) is 41.3. The van der Waals surface area contributed by atoms with E-state index in [4.69, 9.17) is 0 Å². The van der Waals surface area contributed by atoms with Crippen LogP contribution in [0.2, 0.25) is 0 Å². The normalized spacial score (nSPS) is 19.4. The second kappa shape index (κ2) is 6.40. The number of nitrogens with zero attached hydrogens (tertiary/aromatic N) is 3. The van der Waals surface area contributed by atoms with Crippen molar-refractivity contribution < 1.29 is 14.4 Å². The Balaban J connectivity index is 1.53. The van der Waals surface area contributed by atoms with E-state index in [0.29, 0.717) is 38.2 Å². The van der Waals surface area contributed by atoms with Crippen LogP contribution in [0.4, 0.5) is 4.79 Å². The highest BCUT2D eigenvalue weighted by molar-refractivity contribution is 6.07. The number of hydrogen-bond donors (Lipinski definition) is 1. The minimum absolute atomic E-state index is 0.0452. The number of pyridine rings is 1. The minimum Gasteiger partial charge on any atom is -0.337 e. The topological polar surface area (TPSA) is 74.1 Å². The molecule has 1 spiro atoms. The maximum Gasteiger partial charge on any atom is 0.325 e. The fourth-order valence-electron chi connectivity index (χ4n) is 4.19. The molecule has 0 bridgehead atoms. The lowest BCUT2D eigenvalue weighted by atomic mass is 9.85. The lowest BCUT2D eigenvalue weighted by Crippen LogP contribution is -2.58. The highest BCUT2D eigenvalue weighted by atomic mass is 16.2. The van der Waals surface area contributed by atoms with E-state index < -0.39 is 5.54 Å². The fraction of sp³-hybridized carbons (Fsp3) is 0.450. The maximum atomic E-state index is 13.0. The Morgan fingerprint density at radius 3 is 2.59 bits per heavy atom. The molecule has 0 radical (unpaired) electrons. The first-order valence-corrected chi connectivity index (χ1v) is 9.41. The molecule has 1 N–H and O–H groups in total. The number of carbonyl (C=O) groups is 3. The van der Waals surface area contributed by atoms with Crippen LogP contribution < -0.4 is 5.32 Å². The third kappa shape index (κ3) is 2.78. The van der Waals surface area contributed by atoms with Crippen molar-refractivity contribution in [1.82, 2.24) is 19.5 Å². The average Bonchev–Trinajstić information content (AvgIpc) is 3.17. The van der Waals surface area contributed by atoms with Gasteiger partial charge in [-0.05, 0) is 43.0 Å². The molecule has 0 unspecified atom stereocenters. The molecule has 2 aliphatic heterocycles. The number of imide groups is 1. The number of urea groups is 1. The van der Waals surface area contributed by atoms with Crippen LogP contribution in [0.25, 0.3) is 5.52 Å². The number of hydrogen-bond acceptors (Lipinski definition) is 3. The zero-order chi connectivity index (χ0) is 19.2. The van der Waals surface area contributed by atoms with Gasteiger partial charge in [-0.15, -0.1) is 0 Å². The van der Waals surface area contributed by atoms with E-state index in [1.165, 1.54) is 0 Å². The van der Waals surface area contributed by atoms with Crippen molar-refractivity contribution in [3.05, 3.63) is 42.2 Å². The van der Waals surface area contributed by atoms with Crippen molar-refractivity contribution in [2.75, 3.05) is 19.6 Å². The molecule has 0 aromatic carbocycles. The Kier molecular flexibility index (Phi) is 4.17. The molecule has 0 aliphatic carbocycles. The second-order valence-corrected chi connectivity index (χ2v) is 7.80. The number of likely N-dealkylation sites (tertiary alicyclic amines) is 1. The summed E-state index contributed by atoms with van der Waals surface area (Å²) in [6.07, 6.45) is 2.81. The first-order valence-electron chi connectivity index (χ1n) is 9.41. The molecule has 2 aromatic heterocycles. The summed E-state index contributed by atoms with van der Waals surface area (Å²) >= 11 is 0. The van der Waals surface area contributed by atoms with Crippen molar-refractivity contribution in [3.8, 4) is 0 Å². The van der Waals surface area contributed by atoms with Crippen LogP contribution >= 0.6 is 0 Å². The van der Waals surface area contributed by atoms with Gasteiger partial charge >= 0.3 is 6.03 Å². The summed E-state index contributed by atoms with van der Waals surface area (Å²) in [5, 5.41) is 2.47. The van der Waals surface area contributed by atoms with E-state index in [1.54, 1.807) is 9.80 Å². The van der Waals surface area contributed by atoms with Crippen LogP contribution in [0, 0.1) is 5.92 Å². The average molecular weight is 368 g/mol. The Labute approximate surface area is 157 Å². The number of rotatable bonds is 3. The van der Waals surface area contributed by atoms with E-state index in [1.807, 2.05) is 54.8 Å². The molecule has 142 valence electrons. The van der Waals surface area contributed by atoms with Crippen molar-refractivity contribution in [1.29, 1.82) is 0 Å². The van der Waals surface area contributed by atoms with E-state index in [0.717, 1.165) is 5.52 Å². The number of fused-ring (bicyclic) bond motifs is 1. The number of amides is 4. The van der Waals surface area contributed by atoms with Crippen LogP contribution in [-0.4, -0.2) is 57.2 Å². The number of piperidine rings is 1. The van der Waals surface area contributed by atoms with E-state index >= 15 is 0 Å². The van der Waals surface area contributed by atoms with Gasteiger partial charge in [0.2, 0.25) is 0 Å². The predicted molar refractivity (Wildman–Crippen MR) is 100 cm³/mol. The molecule has 2 aromatic rings. The Hall–Kier alpha value is -2.83. The highest BCUT2D eigenvalue weighted by Gasteiger charge is 2.54. The summed E-state index contributed by atoms with van der Waals surface area (Å²) in [5.74, 6) is -0.00477. The van der Waals surface area contributed by atoms with E-state index in [2.05, 4.69) is 5.32 Å². The van der Waals surface area contributed by atoms with Crippen LogP contribution in [-0.2, 0) is 4.79 Å². The van der Waals surface area contributed by atoms with Gasteiger partial charge in [0.15, 0.2) is 0 Å². The van der Waals surface area contributed by atoms with Crippen molar-refractivity contribution in [3.63, 3.8) is 0 Å². The van der Waals surface area contributed by atoms with Crippen LogP contribution in [0.15, 0.2) is 36.5 Å². The summed E-state index contributed by atoms with van der Waals surface area (Å²) in [5.41, 5.74) is 0.769. The summed E-state index contributed by atoms with van der Waals surface area (Å²) < 4.78 is 1.88. The summed E-state index contributed by atoms with van der Waals surface area (Å²) in [6.45, 7) is 5.50. The van der Waals surface area contributed by atoms with Gasteiger partial charge in [0.1, 0.15) is 11.2 Å².